The lowest BCUT2D eigenvalue weighted by Gasteiger charge is -2.35. The lowest BCUT2D eigenvalue weighted by atomic mass is 10.1. The number of rotatable bonds is 5. The summed E-state index contributed by atoms with van der Waals surface area (Å²) in [6, 6.07) is 9.70. The first-order valence-corrected chi connectivity index (χ1v) is 11.6. The third-order valence-corrected chi connectivity index (χ3v) is 6.45. The fourth-order valence-electron chi connectivity index (χ4n) is 4.27. The van der Waals surface area contributed by atoms with E-state index in [1.165, 1.54) is 0 Å². The van der Waals surface area contributed by atoms with Crippen molar-refractivity contribution in [2.75, 3.05) is 36.4 Å². The standard InChI is InChI=1S/C25H25N9O2/c1-15-16(2)31-32-23(15)25(36)29-19-11-18-12-20(30-24(18)28-14-19)17-4-6-27-21(13-17)33-7-9-34(10-8-33)22(35)3-5-26/h4,6,11-14H,3,7-10H2,1-2H3,(H,28,30)(H,29,36)(H,31,32). The van der Waals surface area contributed by atoms with E-state index in [1.807, 2.05) is 44.2 Å². The summed E-state index contributed by atoms with van der Waals surface area (Å²) < 4.78 is 0. The van der Waals surface area contributed by atoms with Gasteiger partial charge in [0.05, 0.1) is 23.6 Å². The number of H-pyrrole nitrogens is 2. The third kappa shape index (κ3) is 4.48. The molecule has 1 aliphatic rings. The molecule has 0 bridgehead atoms. The molecule has 2 amide bonds. The molecule has 4 aromatic heterocycles. The van der Waals surface area contributed by atoms with E-state index in [9.17, 15) is 9.59 Å². The van der Waals surface area contributed by atoms with E-state index in [0.29, 0.717) is 43.2 Å². The number of hydrogen-bond acceptors (Lipinski definition) is 7. The Hall–Kier alpha value is -4.72. The Morgan fingerprint density at radius 2 is 1.94 bits per heavy atom. The number of fused-ring (bicyclic) bond motifs is 1. The van der Waals surface area contributed by atoms with Gasteiger partial charge < -0.3 is 20.1 Å². The van der Waals surface area contributed by atoms with Gasteiger partial charge in [-0.3, -0.25) is 14.7 Å². The first-order valence-electron chi connectivity index (χ1n) is 11.6. The normalized spacial score (nSPS) is 13.6. The highest BCUT2D eigenvalue weighted by atomic mass is 16.2. The predicted molar refractivity (Wildman–Crippen MR) is 134 cm³/mol. The highest BCUT2D eigenvalue weighted by molar-refractivity contribution is 6.04. The smallest absolute Gasteiger partial charge is 0.273 e. The van der Waals surface area contributed by atoms with Gasteiger partial charge in [-0.2, -0.15) is 10.4 Å². The number of amides is 2. The van der Waals surface area contributed by atoms with Crippen molar-refractivity contribution in [1.29, 1.82) is 5.26 Å². The molecule has 1 saturated heterocycles. The van der Waals surface area contributed by atoms with Gasteiger partial charge in [-0.05, 0) is 38.1 Å². The molecule has 0 atom stereocenters. The zero-order valence-electron chi connectivity index (χ0n) is 20.0. The maximum Gasteiger partial charge on any atom is 0.273 e. The lowest BCUT2D eigenvalue weighted by Crippen LogP contribution is -2.48. The molecular weight excluding hydrogens is 458 g/mol. The second-order valence-electron chi connectivity index (χ2n) is 8.71. The fourth-order valence-corrected chi connectivity index (χ4v) is 4.27. The van der Waals surface area contributed by atoms with E-state index >= 15 is 0 Å². The monoisotopic (exact) mass is 483 g/mol. The number of piperazine rings is 1. The number of pyridine rings is 2. The quantitative estimate of drug-likeness (QED) is 0.395. The highest BCUT2D eigenvalue weighted by Gasteiger charge is 2.22. The number of aryl methyl sites for hydroxylation is 1. The molecule has 0 unspecified atom stereocenters. The maximum atomic E-state index is 12.6. The van der Waals surface area contributed by atoms with Gasteiger partial charge in [0.25, 0.3) is 5.91 Å². The minimum Gasteiger partial charge on any atom is -0.353 e. The molecule has 5 rings (SSSR count). The number of nitrogens with zero attached hydrogens (tertiary/aromatic N) is 6. The molecule has 182 valence electrons. The summed E-state index contributed by atoms with van der Waals surface area (Å²) in [6.45, 7) is 6.13. The number of nitriles is 1. The van der Waals surface area contributed by atoms with Crippen molar-refractivity contribution < 1.29 is 9.59 Å². The zero-order valence-corrected chi connectivity index (χ0v) is 20.0. The Kier molecular flexibility index (Phi) is 6.08. The van der Waals surface area contributed by atoms with E-state index in [-0.39, 0.29) is 18.2 Å². The van der Waals surface area contributed by atoms with Gasteiger partial charge in [0.2, 0.25) is 5.91 Å². The summed E-state index contributed by atoms with van der Waals surface area (Å²) >= 11 is 0. The Bertz CT molecular complexity index is 1490. The first kappa shape index (κ1) is 23.0. The highest BCUT2D eigenvalue weighted by Crippen LogP contribution is 2.27. The molecule has 11 heteroatoms. The van der Waals surface area contributed by atoms with E-state index in [4.69, 9.17) is 5.26 Å². The molecule has 0 spiro atoms. The van der Waals surface area contributed by atoms with Crippen LogP contribution in [0, 0.1) is 25.2 Å². The number of carbonyl (C=O) groups excluding carboxylic acids is 2. The van der Waals surface area contributed by atoms with E-state index in [1.54, 1.807) is 17.3 Å². The molecule has 1 aliphatic heterocycles. The minimum atomic E-state index is -0.266. The van der Waals surface area contributed by atoms with Gasteiger partial charge >= 0.3 is 0 Å². The summed E-state index contributed by atoms with van der Waals surface area (Å²) in [6.07, 6.45) is 3.29. The predicted octanol–water partition coefficient (Wildman–Crippen LogP) is 2.78. The first-order chi connectivity index (χ1) is 17.4. The molecule has 0 radical (unpaired) electrons. The van der Waals surface area contributed by atoms with Crippen molar-refractivity contribution in [1.82, 2.24) is 30.0 Å². The molecule has 3 N–H and O–H groups in total. The van der Waals surface area contributed by atoms with Crippen LogP contribution < -0.4 is 10.2 Å². The molecule has 11 nitrogen and oxygen atoms in total. The molecular formula is C25H25N9O2. The molecule has 4 aromatic rings. The van der Waals surface area contributed by atoms with Crippen molar-refractivity contribution in [2.45, 2.75) is 20.3 Å². The van der Waals surface area contributed by atoms with Crippen molar-refractivity contribution in [3.8, 4) is 17.3 Å². The second-order valence-corrected chi connectivity index (χ2v) is 8.71. The number of hydrogen-bond donors (Lipinski definition) is 3. The molecule has 36 heavy (non-hydrogen) atoms. The van der Waals surface area contributed by atoms with Crippen LogP contribution in [0.3, 0.4) is 0 Å². The maximum absolute atomic E-state index is 12.6. The fraction of sp³-hybridized carbons (Fsp3) is 0.280. The Morgan fingerprint density at radius 1 is 1.14 bits per heavy atom. The van der Waals surface area contributed by atoms with Crippen molar-refractivity contribution in [3.05, 3.63) is 53.6 Å². The van der Waals surface area contributed by atoms with Crippen molar-refractivity contribution in [2.24, 2.45) is 0 Å². The van der Waals surface area contributed by atoms with Crippen LogP contribution in [0.4, 0.5) is 11.5 Å². The van der Waals surface area contributed by atoms with Crippen molar-refractivity contribution >= 4 is 34.4 Å². The Balaban J connectivity index is 1.31. The second kappa shape index (κ2) is 9.50. The molecule has 0 aliphatic carbocycles. The van der Waals surface area contributed by atoms with Crippen molar-refractivity contribution in [3.63, 3.8) is 0 Å². The average Bonchev–Trinajstić information content (AvgIpc) is 3.47. The summed E-state index contributed by atoms with van der Waals surface area (Å²) in [4.78, 5) is 40.8. The summed E-state index contributed by atoms with van der Waals surface area (Å²) in [5.74, 6) is 0.428. The van der Waals surface area contributed by atoms with Gasteiger partial charge in [-0.25, -0.2) is 9.97 Å². The van der Waals surface area contributed by atoms with Crippen LogP contribution in [0.25, 0.3) is 22.3 Å². The number of aromatic nitrogens is 5. The number of nitrogens with one attached hydrogen (secondary N) is 3. The zero-order chi connectivity index (χ0) is 25.2. The van der Waals surface area contributed by atoms with E-state index in [2.05, 4.69) is 35.4 Å². The molecule has 5 heterocycles. The molecule has 1 fully saturated rings. The lowest BCUT2D eigenvalue weighted by molar-refractivity contribution is -0.130. The third-order valence-electron chi connectivity index (χ3n) is 6.45. The SMILES string of the molecule is Cc1n[nH]c(C(=O)Nc2cnc3[nH]c(-c4ccnc(N5CCN(C(=O)CC#N)CC5)c4)cc3c2)c1C. The van der Waals surface area contributed by atoms with Crippen LogP contribution in [0.15, 0.2) is 36.7 Å². The topological polar surface area (TPSA) is 147 Å². The van der Waals surface area contributed by atoms with Crippen LogP contribution in [0.5, 0.6) is 0 Å². The Labute approximate surface area is 207 Å². The van der Waals surface area contributed by atoms with Crippen LogP contribution in [0.2, 0.25) is 0 Å². The molecule has 0 aromatic carbocycles. The van der Waals surface area contributed by atoms with Crippen LogP contribution in [0.1, 0.15) is 28.2 Å². The largest absolute Gasteiger partial charge is 0.353 e. The van der Waals surface area contributed by atoms with Gasteiger partial charge in [0, 0.05) is 54.6 Å². The van der Waals surface area contributed by atoms with Crippen LogP contribution in [-0.2, 0) is 4.79 Å². The minimum absolute atomic E-state index is 0.0873. The van der Waals surface area contributed by atoms with Gasteiger partial charge in [0.1, 0.15) is 23.6 Å². The average molecular weight is 484 g/mol. The number of aromatic amines is 2. The van der Waals surface area contributed by atoms with Gasteiger partial charge in [-0.15, -0.1) is 0 Å². The number of anilines is 2. The van der Waals surface area contributed by atoms with Gasteiger partial charge in [0.15, 0.2) is 0 Å². The summed E-state index contributed by atoms with van der Waals surface area (Å²) in [5.41, 5.74) is 5.16. The van der Waals surface area contributed by atoms with E-state index in [0.717, 1.165) is 33.7 Å². The van der Waals surface area contributed by atoms with Crippen LogP contribution in [-0.4, -0.2) is 68.0 Å². The summed E-state index contributed by atoms with van der Waals surface area (Å²) in [7, 11) is 0. The molecule has 0 saturated carbocycles. The summed E-state index contributed by atoms with van der Waals surface area (Å²) in [5, 5.41) is 19.3. The van der Waals surface area contributed by atoms with E-state index < -0.39 is 0 Å². The Morgan fingerprint density at radius 3 is 2.67 bits per heavy atom. The van der Waals surface area contributed by atoms with Gasteiger partial charge in [-0.1, -0.05) is 0 Å². The number of carbonyl (C=O) groups is 2. The van der Waals surface area contributed by atoms with Crippen LogP contribution >= 0.6 is 0 Å².